The zero-order valence-corrected chi connectivity index (χ0v) is 12.9. The summed E-state index contributed by atoms with van der Waals surface area (Å²) >= 11 is 0. The number of hydrogen-bond acceptors (Lipinski definition) is 3. The number of piperidine rings is 1. The average molecular weight is 290 g/mol. The van der Waals surface area contributed by atoms with E-state index in [-0.39, 0.29) is 6.42 Å². The SMILES string of the molecule is CN(CCCCC(=O)O)C1CCCN(c2ccccc2)C1. The Balaban J connectivity index is 1.79. The molecule has 4 heteroatoms. The van der Waals surface area contributed by atoms with Crippen molar-refractivity contribution in [2.75, 3.05) is 31.6 Å². The van der Waals surface area contributed by atoms with E-state index in [1.807, 2.05) is 0 Å². The molecule has 1 fully saturated rings. The lowest BCUT2D eigenvalue weighted by molar-refractivity contribution is -0.137. The first kappa shape index (κ1) is 15.8. The molecule has 4 nitrogen and oxygen atoms in total. The zero-order valence-electron chi connectivity index (χ0n) is 12.9. The first-order valence-electron chi connectivity index (χ1n) is 7.89. The minimum atomic E-state index is -0.689. The van der Waals surface area contributed by atoms with Crippen molar-refractivity contribution in [1.82, 2.24) is 4.90 Å². The van der Waals surface area contributed by atoms with Gasteiger partial charge in [-0.3, -0.25) is 4.79 Å². The van der Waals surface area contributed by atoms with Crippen LogP contribution in [0, 0.1) is 0 Å². The van der Waals surface area contributed by atoms with Gasteiger partial charge in [0.2, 0.25) is 0 Å². The number of anilines is 1. The number of carbonyl (C=O) groups is 1. The largest absolute Gasteiger partial charge is 0.481 e. The Labute approximate surface area is 127 Å². The van der Waals surface area contributed by atoms with Gasteiger partial charge in [0.1, 0.15) is 0 Å². The van der Waals surface area contributed by atoms with E-state index in [0.717, 1.165) is 32.5 Å². The van der Waals surface area contributed by atoms with Crippen LogP contribution in [-0.4, -0.2) is 48.7 Å². The second-order valence-corrected chi connectivity index (χ2v) is 5.91. The highest BCUT2D eigenvalue weighted by Gasteiger charge is 2.22. The van der Waals surface area contributed by atoms with Crippen molar-refractivity contribution in [2.45, 2.75) is 38.1 Å². The molecule has 1 heterocycles. The van der Waals surface area contributed by atoms with Crippen molar-refractivity contribution in [3.8, 4) is 0 Å². The molecule has 116 valence electrons. The summed E-state index contributed by atoms with van der Waals surface area (Å²) in [5.74, 6) is -0.689. The number of likely N-dealkylation sites (N-methyl/N-ethyl adjacent to an activating group) is 1. The van der Waals surface area contributed by atoms with Gasteiger partial charge in [-0.05, 0) is 51.4 Å². The maximum absolute atomic E-state index is 10.5. The highest BCUT2D eigenvalue weighted by molar-refractivity contribution is 5.66. The van der Waals surface area contributed by atoms with Gasteiger partial charge in [-0.2, -0.15) is 0 Å². The summed E-state index contributed by atoms with van der Waals surface area (Å²) in [6, 6.07) is 11.2. The fourth-order valence-corrected chi connectivity index (χ4v) is 3.01. The summed E-state index contributed by atoms with van der Waals surface area (Å²) in [5, 5.41) is 8.67. The van der Waals surface area contributed by atoms with Crippen LogP contribution in [-0.2, 0) is 4.79 Å². The highest BCUT2D eigenvalue weighted by Crippen LogP contribution is 2.21. The number of hydrogen-bond donors (Lipinski definition) is 1. The van der Waals surface area contributed by atoms with Crippen LogP contribution in [0.1, 0.15) is 32.1 Å². The van der Waals surface area contributed by atoms with E-state index in [1.54, 1.807) is 0 Å². The number of rotatable bonds is 7. The van der Waals surface area contributed by atoms with Crippen LogP contribution in [0.25, 0.3) is 0 Å². The molecule has 1 atom stereocenters. The first-order valence-corrected chi connectivity index (χ1v) is 7.89. The van der Waals surface area contributed by atoms with Crippen molar-refractivity contribution >= 4 is 11.7 Å². The Hall–Kier alpha value is -1.55. The topological polar surface area (TPSA) is 43.8 Å². The number of carboxylic acids is 1. The van der Waals surface area contributed by atoms with Gasteiger partial charge in [0.25, 0.3) is 0 Å². The summed E-state index contributed by atoms with van der Waals surface area (Å²) < 4.78 is 0. The second-order valence-electron chi connectivity index (χ2n) is 5.91. The summed E-state index contributed by atoms with van der Waals surface area (Å²) in [6.45, 7) is 3.19. The van der Waals surface area contributed by atoms with Crippen molar-refractivity contribution in [3.05, 3.63) is 30.3 Å². The molecule has 0 aromatic heterocycles. The Morgan fingerprint density at radius 2 is 2.10 bits per heavy atom. The Bertz CT molecular complexity index is 436. The smallest absolute Gasteiger partial charge is 0.303 e. The van der Waals surface area contributed by atoms with E-state index < -0.39 is 5.97 Å². The van der Waals surface area contributed by atoms with Gasteiger partial charge in [0.15, 0.2) is 0 Å². The molecule has 2 rings (SSSR count). The van der Waals surface area contributed by atoms with Crippen LogP contribution in [0.2, 0.25) is 0 Å². The molecule has 1 aliphatic heterocycles. The molecular weight excluding hydrogens is 264 g/mol. The molecule has 0 bridgehead atoms. The van der Waals surface area contributed by atoms with Gasteiger partial charge in [-0.25, -0.2) is 0 Å². The van der Waals surface area contributed by atoms with Crippen molar-refractivity contribution in [1.29, 1.82) is 0 Å². The molecule has 1 aliphatic rings. The fourth-order valence-electron chi connectivity index (χ4n) is 3.01. The molecule has 0 amide bonds. The summed E-state index contributed by atoms with van der Waals surface area (Å²) in [6.07, 6.45) is 4.48. The van der Waals surface area contributed by atoms with Crippen LogP contribution in [0.15, 0.2) is 30.3 Å². The molecule has 0 aliphatic carbocycles. The number of benzene rings is 1. The molecule has 0 radical (unpaired) electrons. The Morgan fingerprint density at radius 3 is 2.81 bits per heavy atom. The quantitative estimate of drug-likeness (QED) is 0.784. The van der Waals surface area contributed by atoms with E-state index in [4.69, 9.17) is 5.11 Å². The van der Waals surface area contributed by atoms with Gasteiger partial charge >= 0.3 is 5.97 Å². The monoisotopic (exact) mass is 290 g/mol. The predicted octanol–water partition coefficient (Wildman–Crippen LogP) is 2.84. The summed E-state index contributed by atoms with van der Waals surface area (Å²) in [5.41, 5.74) is 1.31. The van der Waals surface area contributed by atoms with Crippen LogP contribution in [0.5, 0.6) is 0 Å². The average Bonchev–Trinajstić information content (AvgIpc) is 2.52. The van der Waals surface area contributed by atoms with Crippen LogP contribution in [0.4, 0.5) is 5.69 Å². The van der Waals surface area contributed by atoms with Crippen LogP contribution in [0.3, 0.4) is 0 Å². The molecule has 0 saturated carbocycles. The summed E-state index contributed by atoms with van der Waals surface area (Å²) in [7, 11) is 2.17. The van der Waals surface area contributed by atoms with Crippen molar-refractivity contribution in [2.24, 2.45) is 0 Å². The molecule has 21 heavy (non-hydrogen) atoms. The van der Waals surface area contributed by atoms with Gasteiger partial charge < -0.3 is 14.9 Å². The van der Waals surface area contributed by atoms with E-state index in [1.165, 1.54) is 18.5 Å². The van der Waals surface area contributed by atoms with Crippen LogP contribution >= 0.6 is 0 Å². The molecule has 1 unspecified atom stereocenters. The fraction of sp³-hybridized carbons (Fsp3) is 0.588. The van der Waals surface area contributed by atoms with E-state index in [2.05, 4.69) is 47.2 Å². The molecular formula is C17H26N2O2. The maximum atomic E-state index is 10.5. The van der Waals surface area contributed by atoms with Gasteiger partial charge in [-0.1, -0.05) is 18.2 Å². The lowest BCUT2D eigenvalue weighted by atomic mass is 10.0. The third kappa shape index (κ3) is 5.05. The molecule has 1 N–H and O–H groups in total. The minimum absolute atomic E-state index is 0.286. The van der Waals surface area contributed by atoms with Gasteiger partial charge in [-0.15, -0.1) is 0 Å². The normalized spacial score (nSPS) is 19.0. The third-order valence-corrected chi connectivity index (χ3v) is 4.29. The maximum Gasteiger partial charge on any atom is 0.303 e. The molecule has 1 aromatic rings. The number of nitrogens with zero attached hydrogens (tertiary/aromatic N) is 2. The number of unbranched alkanes of at least 4 members (excludes halogenated alkanes) is 1. The lowest BCUT2D eigenvalue weighted by Crippen LogP contribution is -2.46. The van der Waals surface area contributed by atoms with Crippen molar-refractivity contribution < 1.29 is 9.90 Å². The summed E-state index contributed by atoms with van der Waals surface area (Å²) in [4.78, 5) is 15.4. The predicted molar refractivity (Wildman–Crippen MR) is 85.8 cm³/mol. The standard InChI is InChI=1S/C17H26N2O2/c1-18(12-6-5-11-17(20)21)16-10-7-13-19(14-16)15-8-3-2-4-9-15/h2-4,8-9,16H,5-7,10-14H2,1H3,(H,20,21). The van der Waals surface area contributed by atoms with E-state index in [9.17, 15) is 4.79 Å². The zero-order chi connectivity index (χ0) is 15.1. The third-order valence-electron chi connectivity index (χ3n) is 4.29. The molecule has 0 spiro atoms. The highest BCUT2D eigenvalue weighted by atomic mass is 16.4. The Morgan fingerprint density at radius 1 is 1.33 bits per heavy atom. The Kier molecular flexibility index (Phi) is 6.05. The van der Waals surface area contributed by atoms with Gasteiger partial charge in [0.05, 0.1) is 0 Å². The molecule has 1 saturated heterocycles. The van der Waals surface area contributed by atoms with E-state index in [0.29, 0.717) is 6.04 Å². The minimum Gasteiger partial charge on any atom is -0.481 e. The molecule has 1 aromatic carbocycles. The van der Waals surface area contributed by atoms with Crippen LogP contribution < -0.4 is 4.90 Å². The first-order chi connectivity index (χ1) is 10.2. The second kappa shape index (κ2) is 8.03. The number of para-hydroxylation sites is 1. The number of aliphatic carboxylic acids is 1. The van der Waals surface area contributed by atoms with Gasteiger partial charge in [0, 0.05) is 31.2 Å². The van der Waals surface area contributed by atoms with Crippen molar-refractivity contribution in [3.63, 3.8) is 0 Å². The van der Waals surface area contributed by atoms with E-state index >= 15 is 0 Å². The lowest BCUT2D eigenvalue weighted by Gasteiger charge is -2.39. The number of carboxylic acid groups (broad SMARTS) is 1.